The van der Waals surface area contributed by atoms with Crippen molar-refractivity contribution < 1.29 is 13.9 Å². The molecule has 0 radical (unpaired) electrons. The lowest BCUT2D eigenvalue weighted by molar-refractivity contribution is 0.0636. The van der Waals surface area contributed by atoms with E-state index in [2.05, 4.69) is 5.32 Å². The van der Waals surface area contributed by atoms with Crippen LogP contribution in [0.1, 0.15) is 20.8 Å². The summed E-state index contributed by atoms with van der Waals surface area (Å²) in [5.74, 6) is -0.555. The molecule has 6 heteroatoms. The Bertz CT molecular complexity index is 446. The van der Waals surface area contributed by atoms with Gasteiger partial charge in [-0.3, -0.25) is 5.32 Å². The van der Waals surface area contributed by atoms with Crippen LogP contribution in [0, 0.1) is 9.39 Å². The molecule has 0 atom stereocenters. The first kappa shape index (κ1) is 14.5. The van der Waals surface area contributed by atoms with Gasteiger partial charge in [-0.05, 0) is 55.5 Å². The summed E-state index contributed by atoms with van der Waals surface area (Å²) in [7, 11) is 0. The number of halogens is 3. The quantitative estimate of drug-likeness (QED) is 0.586. The number of hydrogen-bond acceptors (Lipinski definition) is 2. The highest BCUT2D eigenvalue weighted by Crippen LogP contribution is 2.27. The lowest BCUT2D eigenvalue weighted by Crippen LogP contribution is -2.27. The van der Waals surface area contributed by atoms with E-state index in [1.165, 1.54) is 12.1 Å². The van der Waals surface area contributed by atoms with Gasteiger partial charge in [-0.1, -0.05) is 11.6 Å². The molecule has 0 aliphatic carbocycles. The van der Waals surface area contributed by atoms with Crippen molar-refractivity contribution in [1.82, 2.24) is 0 Å². The average molecular weight is 372 g/mol. The first-order chi connectivity index (χ1) is 7.70. The Morgan fingerprint density at radius 2 is 2.06 bits per heavy atom. The fraction of sp³-hybridized carbons (Fsp3) is 0.364. The van der Waals surface area contributed by atoms with Gasteiger partial charge in [0.25, 0.3) is 0 Å². The van der Waals surface area contributed by atoms with Crippen molar-refractivity contribution >= 4 is 46.0 Å². The third kappa shape index (κ3) is 4.31. The number of ether oxygens (including phenoxy) is 1. The van der Waals surface area contributed by atoms with Crippen LogP contribution in [-0.4, -0.2) is 11.7 Å². The standard InChI is InChI=1S/C11H12ClFINO2/c1-11(2,3)17-10(16)15-7-5-4-6(12)8(13)9(7)14/h4-5H,1-3H3,(H,15,16). The highest BCUT2D eigenvalue weighted by atomic mass is 127. The number of carbonyl (C=O) groups is 1. The van der Waals surface area contributed by atoms with E-state index in [9.17, 15) is 9.18 Å². The van der Waals surface area contributed by atoms with Crippen LogP contribution in [0.2, 0.25) is 5.02 Å². The van der Waals surface area contributed by atoms with Crippen LogP contribution in [0.4, 0.5) is 14.9 Å². The van der Waals surface area contributed by atoms with Gasteiger partial charge in [0.15, 0.2) is 5.82 Å². The molecule has 94 valence electrons. The van der Waals surface area contributed by atoms with Gasteiger partial charge in [0.1, 0.15) is 5.60 Å². The van der Waals surface area contributed by atoms with Crippen LogP contribution in [0.25, 0.3) is 0 Å². The normalized spacial score (nSPS) is 11.2. The molecule has 0 saturated carbocycles. The summed E-state index contributed by atoms with van der Waals surface area (Å²) < 4.78 is 18.8. The first-order valence-electron chi connectivity index (χ1n) is 4.84. The molecule has 0 unspecified atom stereocenters. The maximum atomic E-state index is 13.4. The number of benzene rings is 1. The molecule has 1 amide bonds. The smallest absolute Gasteiger partial charge is 0.412 e. The van der Waals surface area contributed by atoms with Crippen molar-refractivity contribution in [3.05, 3.63) is 26.5 Å². The SMILES string of the molecule is CC(C)(C)OC(=O)Nc1ccc(Cl)c(F)c1I. The molecule has 17 heavy (non-hydrogen) atoms. The number of amides is 1. The van der Waals surface area contributed by atoms with Crippen LogP contribution in [0.5, 0.6) is 0 Å². The molecule has 1 aromatic carbocycles. The Morgan fingerprint density at radius 1 is 1.47 bits per heavy atom. The van der Waals surface area contributed by atoms with E-state index in [0.29, 0.717) is 5.69 Å². The minimum absolute atomic E-state index is 0.0177. The Hall–Kier alpha value is -0.560. The lowest BCUT2D eigenvalue weighted by atomic mass is 10.2. The molecular weight excluding hydrogens is 359 g/mol. The zero-order valence-corrected chi connectivity index (χ0v) is 12.5. The Labute approximate surface area is 118 Å². The van der Waals surface area contributed by atoms with Crippen molar-refractivity contribution in [3.8, 4) is 0 Å². The van der Waals surface area contributed by atoms with Gasteiger partial charge in [0.2, 0.25) is 0 Å². The fourth-order valence-corrected chi connectivity index (χ4v) is 1.96. The third-order valence-electron chi connectivity index (χ3n) is 1.67. The lowest BCUT2D eigenvalue weighted by Gasteiger charge is -2.20. The largest absolute Gasteiger partial charge is 0.444 e. The number of nitrogens with one attached hydrogen (secondary N) is 1. The summed E-state index contributed by atoms with van der Waals surface area (Å²) in [6, 6.07) is 2.91. The van der Waals surface area contributed by atoms with Crippen LogP contribution in [-0.2, 0) is 4.74 Å². The molecule has 0 aliphatic heterocycles. The topological polar surface area (TPSA) is 38.3 Å². The van der Waals surface area contributed by atoms with E-state index in [4.69, 9.17) is 16.3 Å². The van der Waals surface area contributed by atoms with Crippen molar-refractivity contribution in [3.63, 3.8) is 0 Å². The van der Waals surface area contributed by atoms with Crippen LogP contribution < -0.4 is 5.32 Å². The van der Waals surface area contributed by atoms with Gasteiger partial charge in [0, 0.05) is 0 Å². The Balaban J connectivity index is 2.83. The second kappa shape index (κ2) is 5.39. The number of hydrogen-bond donors (Lipinski definition) is 1. The molecule has 1 rings (SSSR count). The minimum Gasteiger partial charge on any atom is -0.444 e. The fourth-order valence-electron chi connectivity index (χ4n) is 1.04. The van der Waals surface area contributed by atoms with E-state index in [1.54, 1.807) is 43.4 Å². The van der Waals surface area contributed by atoms with E-state index < -0.39 is 17.5 Å². The molecule has 0 fully saturated rings. The Morgan fingerprint density at radius 3 is 2.59 bits per heavy atom. The molecule has 3 nitrogen and oxygen atoms in total. The number of carbonyl (C=O) groups excluding carboxylic acids is 1. The van der Waals surface area contributed by atoms with Gasteiger partial charge >= 0.3 is 6.09 Å². The summed E-state index contributed by atoms with van der Waals surface area (Å²) in [6.45, 7) is 5.25. The van der Waals surface area contributed by atoms with E-state index in [0.717, 1.165) is 0 Å². The predicted octanol–water partition coefficient (Wildman–Crippen LogP) is 4.43. The van der Waals surface area contributed by atoms with Crippen molar-refractivity contribution in [2.45, 2.75) is 26.4 Å². The number of rotatable bonds is 1. The molecule has 1 aromatic rings. The zero-order chi connectivity index (χ0) is 13.2. The molecule has 0 saturated heterocycles. The molecule has 0 heterocycles. The Kier molecular flexibility index (Phi) is 4.60. The van der Waals surface area contributed by atoms with Gasteiger partial charge in [-0.25, -0.2) is 9.18 Å². The van der Waals surface area contributed by atoms with E-state index in [-0.39, 0.29) is 8.59 Å². The summed E-state index contributed by atoms with van der Waals surface area (Å²) in [6.07, 6.45) is -0.628. The highest BCUT2D eigenvalue weighted by molar-refractivity contribution is 14.1. The first-order valence-corrected chi connectivity index (χ1v) is 6.30. The molecule has 0 spiro atoms. The molecule has 1 N–H and O–H groups in total. The van der Waals surface area contributed by atoms with Crippen LogP contribution in [0.15, 0.2) is 12.1 Å². The van der Waals surface area contributed by atoms with Gasteiger partial charge in [-0.2, -0.15) is 0 Å². The maximum Gasteiger partial charge on any atom is 0.412 e. The summed E-state index contributed by atoms with van der Waals surface area (Å²) in [5.41, 5.74) is -0.262. The average Bonchev–Trinajstić information content (AvgIpc) is 2.16. The summed E-state index contributed by atoms with van der Waals surface area (Å²) in [5, 5.41) is 2.49. The van der Waals surface area contributed by atoms with Crippen LogP contribution in [0.3, 0.4) is 0 Å². The molecule has 0 aliphatic rings. The van der Waals surface area contributed by atoms with Gasteiger partial charge in [0.05, 0.1) is 14.3 Å². The number of anilines is 1. The van der Waals surface area contributed by atoms with Gasteiger partial charge in [-0.15, -0.1) is 0 Å². The molecular formula is C11H12ClFINO2. The summed E-state index contributed by atoms with van der Waals surface area (Å²) >= 11 is 7.38. The molecule has 0 aromatic heterocycles. The van der Waals surface area contributed by atoms with Crippen molar-refractivity contribution in [2.75, 3.05) is 5.32 Å². The second-order valence-electron chi connectivity index (χ2n) is 4.35. The zero-order valence-electron chi connectivity index (χ0n) is 9.61. The van der Waals surface area contributed by atoms with E-state index in [1.807, 2.05) is 0 Å². The van der Waals surface area contributed by atoms with Gasteiger partial charge < -0.3 is 4.74 Å². The highest BCUT2D eigenvalue weighted by Gasteiger charge is 2.18. The predicted molar refractivity (Wildman–Crippen MR) is 74.0 cm³/mol. The van der Waals surface area contributed by atoms with Crippen LogP contribution >= 0.6 is 34.2 Å². The third-order valence-corrected chi connectivity index (χ3v) is 3.02. The molecule has 0 bridgehead atoms. The monoisotopic (exact) mass is 371 g/mol. The van der Waals surface area contributed by atoms with Crippen molar-refractivity contribution in [1.29, 1.82) is 0 Å². The maximum absolute atomic E-state index is 13.4. The summed E-state index contributed by atoms with van der Waals surface area (Å²) in [4.78, 5) is 11.5. The minimum atomic E-state index is -0.628. The second-order valence-corrected chi connectivity index (χ2v) is 5.84. The van der Waals surface area contributed by atoms with E-state index >= 15 is 0 Å². The van der Waals surface area contributed by atoms with Crippen molar-refractivity contribution in [2.24, 2.45) is 0 Å².